The molecule has 0 fully saturated rings. The predicted octanol–water partition coefficient (Wildman–Crippen LogP) is 2.28. The van der Waals surface area contributed by atoms with E-state index in [0.29, 0.717) is 13.0 Å². The van der Waals surface area contributed by atoms with Crippen molar-refractivity contribution in [1.82, 2.24) is 5.32 Å². The first-order valence-corrected chi connectivity index (χ1v) is 7.40. The van der Waals surface area contributed by atoms with Crippen LogP contribution in [0.1, 0.15) is 39.2 Å². The molecule has 0 heterocycles. The van der Waals surface area contributed by atoms with Crippen molar-refractivity contribution in [3.8, 4) is 0 Å². The van der Waals surface area contributed by atoms with Crippen LogP contribution in [0, 0.1) is 0 Å². The molecule has 0 saturated heterocycles. The van der Waals surface area contributed by atoms with Gasteiger partial charge in [0.15, 0.2) is 0 Å². The predicted molar refractivity (Wildman–Crippen MR) is 84.7 cm³/mol. The van der Waals surface area contributed by atoms with Gasteiger partial charge in [-0.25, -0.2) is 0 Å². The molecule has 0 aromatic heterocycles. The van der Waals surface area contributed by atoms with Crippen molar-refractivity contribution >= 4 is 11.6 Å². The number of hydrogen-bond donors (Lipinski definition) is 2. The molecule has 1 aromatic rings. The fraction of sp³-hybridized carbons (Fsp3) is 0.562. The standard InChI is InChI=1S/C16H27N3O/c1-4-10-19(11-9-16(20)18-13(2)3)15-7-5-14(12-17)6-8-15/h5-8,13H,4,9-12,17H2,1-3H3,(H,18,20). The number of nitrogens with one attached hydrogen (secondary N) is 1. The Hall–Kier alpha value is -1.55. The summed E-state index contributed by atoms with van der Waals surface area (Å²) in [5.74, 6) is 0.111. The summed E-state index contributed by atoms with van der Waals surface area (Å²) < 4.78 is 0. The Morgan fingerprint density at radius 2 is 1.90 bits per heavy atom. The van der Waals surface area contributed by atoms with E-state index in [-0.39, 0.29) is 11.9 Å². The number of carbonyl (C=O) groups excluding carboxylic acids is 1. The van der Waals surface area contributed by atoms with E-state index in [1.54, 1.807) is 0 Å². The molecule has 0 saturated carbocycles. The van der Waals surface area contributed by atoms with Gasteiger partial charge >= 0.3 is 0 Å². The zero-order chi connectivity index (χ0) is 15.0. The van der Waals surface area contributed by atoms with Gasteiger partial charge in [0.1, 0.15) is 0 Å². The Bertz CT molecular complexity index is 401. The van der Waals surface area contributed by atoms with E-state index in [9.17, 15) is 4.79 Å². The molecule has 3 N–H and O–H groups in total. The molecule has 0 spiro atoms. The normalized spacial score (nSPS) is 10.7. The lowest BCUT2D eigenvalue weighted by Gasteiger charge is -2.24. The maximum atomic E-state index is 11.7. The largest absolute Gasteiger partial charge is 0.371 e. The molecule has 0 aliphatic rings. The van der Waals surface area contributed by atoms with Gasteiger partial charge in [0.2, 0.25) is 5.91 Å². The average molecular weight is 277 g/mol. The zero-order valence-electron chi connectivity index (χ0n) is 12.9. The lowest BCUT2D eigenvalue weighted by atomic mass is 10.2. The van der Waals surface area contributed by atoms with Gasteiger partial charge in [0, 0.05) is 37.8 Å². The van der Waals surface area contributed by atoms with Crippen molar-refractivity contribution in [2.75, 3.05) is 18.0 Å². The molecule has 0 aliphatic heterocycles. The molecule has 0 radical (unpaired) electrons. The van der Waals surface area contributed by atoms with Gasteiger partial charge in [-0.15, -0.1) is 0 Å². The molecule has 20 heavy (non-hydrogen) atoms. The number of anilines is 1. The molecule has 0 bridgehead atoms. The van der Waals surface area contributed by atoms with Gasteiger partial charge in [-0.1, -0.05) is 19.1 Å². The molecule has 4 nitrogen and oxygen atoms in total. The third-order valence-electron chi connectivity index (χ3n) is 3.09. The minimum Gasteiger partial charge on any atom is -0.371 e. The fourth-order valence-corrected chi connectivity index (χ4v) is 2.11. The topological polar surface area (TPSA) is 58.4 Å². The lowest BCUT2D eigenvalue weighted by molar-refractivity contribution is -0.121. The Labute approximate surface area is 122 Å². The minimum absolute atomic E-state index is 0.111. The molecule has 1 rings (SSSR count). The smallest absolute Gasteiger partial charge is 0.221 e. The summed E-state index contributed by atoms with van der Waals surface area (Å²) >= 11 is 0. The highest BCUT2D eigenvalue weighted by Gasteiger charge is 2.09. The Kier molecular flexibility index (Phi) is 7.09. The van der Waals surface area contributed by atoms with Crippen molar-refractivity contribution < 1.29 is 4.79 Å². The molecule has 4 heteroatoms. The number of amides is 1. The quantitative estimate of drug-likeness (QED) is 0.766. The summed E-state index contributed by atoms with van der Waals surface area (Å²) in [5.41, 5.74) is 7.89. The van der Waals surface area contributed by atoms with Crippen LogP contribution in [-0.4, -0.2) is 25.0 Å². The number of carbonyl (C=O) groups is 1. The van der Waals surface area contributed by atoms with Crippen LogP contribution in [0.5, 0.6) is 0 Å². The van der Waals surface area contributed by atoms with E-state index < -0.39 is 0 Å². The zero-order valence-corrected chi connectivity index (χ0v) is 12.9. The monoisotopic (exact) mass is 277 g/mol. The first-order valence-electron chi connectivity index (χ1n) is 7.40. The molecule has 0 aliphatic carbocycles. The van der Waals surface area contributed by atoms with Crippen molar-refractivity contribution in [2.45, 2.75) is 46.2 Å². The summed E-state index contributed by atoms with van der Waals surface area (Å²) in [7, 11) is 0. The lowest BCUT2D eigenvalue weighted by Crippen LogP contribution is -2.34. The van der Waals surface area contributed by atoms with E-state index in [0.717, 1.165) is 30.8 Å². The number of nitrogens with zero attached hydrogens (tertiary/aromatic N) is 1. The molecule has 0 atom stereocenters. The van der Waals surface area contributed by atoms with E-state index in [1.165, 1.54) is 0 Å². The van der Waals surface area contributed by atoms with Crippen LogP contribution in [0.25, 0.3) is 0 Å². The highest BCUT2D eigenvalue weighted by molar-refractivity contribution is 5.76. The molecular weight excluding hydrogens is 250 g/mol. The van der Waals surface area contributed by atoms with Crippen molar-refractivity contribution in [3.05, 3.63) is 29.8 Å². The summed E-state index contributed by atoms with van der Waals surface area (Å²) in [5, 5.41) is 2.93. The van der Waals surface area contributed by atoms with Crippen LogP contribution in [-0.2, 0) is 11.3 Å². The second kappa shape index (κ2) is 8.59. The van der Waals surface area contributed by atoms with E-state index in [4.69, 9.17) is 5.73 Å². The van der Waals surface area contributed by atoms with Gasteiger partial charge < -0.3 is 16.0 Å². The van der Waals surface area contributed by atoms with Gasteiger partial charge in [-0.2, -0.15) is 0 Å². The summed E-state index contributed by atoms with van der Waals surface area (Å²) in [6, 6.07) is 8.46. The molecule has 1 aromatic carbocycles. The molecule has 112 valence electrons. The minimum atomic E-state index is 0.111. The van der Waals surface area contributed by atoms with Crippen LogP contribution in [0.2, 0.25) is 0 Å². The Morgan fingerprint density at radius 1 is 1.25 bits per heavy atom. The number of rotatable bonds is 8. The Balaban J connectivity index is 2.61. The SMILES string of the molecule is CCCN(CCC(=O)NC(C)C)c1ccc(CN)cc1. The fourth-order valence-electron chi connectivity index (χ4n) is 2.11. The Morgan fingerprint density at radius 3 is 2.40 bits per heavy atom. The second-order valence-electron chi connectivity index (χ2n) is 5.33. The maximum absolute atomic E-state index is 11.7. The van der Waals surface area contributed by atoms with Crippen LogP contribution in [0.15, 0.2) is 24.3 Å². The number of nitrogens with two attached hydrogens (primary N) is 1. The van der Waals surface area contributed by atoms with Gasteiger partial charge in [-0.3, -0.25) is 4.79 Å². The molecule has 1 amide bonds. The maximum Gasteiger partial charge on any atom is 0.221 e. The first kappa shape index (κ1) is 16.5. The van der Waals surface area contributed by atoms with Crippen LogP contribution in [0.4, 0.5) is 5.69 Å². The van der Waals surface area contributed by atoms with Crippen LogP contribution < -0.4 is 16.0 Å². The number of benzene rings is 1. The van der Waals surface area contributed by atoms with Gasteiger partial charge in [-0.05, 0) is 38.0 Å². The van der Waals surface area contributed by atoms with Crippen molar-refractivity contribution in [1.29, 1.82) is 0 Å². The van der Waals surface area contributed by atoms with E-state index in [2.05, 4.69) is 29.3 Å². The summed E-state index contributed by atoms with van der Waals surface area (Å²) in [4.78, 5) is 14.0. The highest BCUT2D eigenvalue weighted by Crippen LogP contribution is 2.16. The second-order valence-corrected chi connectivity index (χ2v) is 5.33. The summed E-state index contributed by atoms with van der Waals surface area (Å²) in [6.45, 7) is 8.37. The van der Waals surface area contributed by atoms with Crippen LogP contribution >= 0.6 is 0 Å². The van der Waals surface area contributed by atoms with Crippen molar-refractivity contribution in [2.24, 2.45) is 5.73 Å². The summed E-state index contributed by atoms with van der Waals surface area (Å²) in [6.07, 6.45) is 1.58. The molecule has 0 unspecified atom stereocenters. The highest BCUT2D eigenvalue weighted by atomic mass is 16.1. The van der Waals surface area contributed by atoms with E-state index >= 15 is 0 Å². The molecular formula is C16H27N3O. The third-order valence-corrected chi connectivity index (χ3v) is 3.09. The van der Waals surface area contributed by atoms with E-state index in [1.807, 2.05) is 26.0 Å². The van der Waals surface area contributed by atoms with Crippen molar-refractivity contribution in [3.63, 3.8) is 0 Å². The first-order chi connectivity index (χ1) is 9.56. The third kappa shape index (κ3) is 5.61. The number of hydrogen-bond acceptors (Lipinski definition) is 3. The average Bonchev–Trinajstić information content (AvgIpc) is 2.43. The van der Waals surface area contributed by atoms with Gasteiger partial charge in [0.05, 0.1) is 0 Å². The van der Waals surface area contributed by atoms with Gasteiger partial charge in [0.25, 0.3) is 0 Å². The van der Waals surface area contributed by atoms with Crippen LogP contribution in [0.3, 0.4) is 0 Å².